The van der Waals surface area contributed by atoms with Gasteiger partial charge in [-0.1, -0.05) is 28.1 Å². The molecule has 2 nitrogen and oxygen atoms in total. The lowest BCUT2D eigenvalue weighted by molar-refractivity contribution is 0.184. The number of ether oxygens (including phenoxy) is 1. The first-order valence-corrected chi connectivity index (χ1v) is 4.71. The third-order valence-corrected chi connectivity index (χ3v) is 2.51. The molecule has 3 heteroatoms. The Kier molecular flexibility index (Phi) is 3.94. The zero-order valence-electron chi connectivity index (χ0n) is 7.38. The molecule has 0 aliphatic carbocycles. The maximum atomic E-state index is 8.63. The minimum atomic E-state index is 0.417. The minimum absolute atomic E-state index is 0.417. The first-order valence-electron chi connectivity index (χ1n) is 3.91. The molecule has 13 heavy (non-hydrogen) atoms. The van der Waals surface area contributed by atoms with Gasteiger partial charge in [-0.3, -0.25) is 0 Å². The van der Waals surface area contributed by atoms with Gasteiger partial charge in [0.2, 0.25) is 0 Å². The lowest BCUT2D eigenvalue weighted by Gasteiger charge is -2.07. The van der Waals surface area contributed by atoms with Crippen molar-refractivity contribution in [3.63, 3.8) is 0 Å². The average Bonchev–Trinajstić information content (AvgIpc) is 2.11. The molecule has 0 saturated heterocycles. The van der Waals surface area contributed by atoms with Crippen LogP contribution in [0.25, 0.3) is 0 Å². The molecule has 0 aromatic heterocycles. The molecule has 0 aliphatic heterocycles. The van der Waals surface area contributed by atoms with Crippen LogP contribution in [0.2, 0.25) is 0 Å². The molecule has 0 bridgehead atoms. The minimum Gasteiger partial charge on any atom is -0.380 e. The van der Waals surface area contributed by atoms with Gasteiger partial charge >= 0.3 is 0 Å². The Balaban J connectivity index is 3.03. The van der Waals surface area contributed by atoms with Crippen LogP contribution in [-0.4, -0.2) is 7.11 Å². The van der Waals surface area contributed by atoms with Gasteiger partial charge in [0, 0.05) is 11.6 Å². The summed E-state index contributed by atoms with van der Waals surface area (Å²) in [5, 5.41) is 8.63. The predicted molar refractivity (Wildman–Crippen MR) is 54.2 cm³/mol. The molecule has 68 valence electrons. The maximum absolute atomic E-state index is 8.63. The Bertz CT molecular complexity index is 330. The van der Waals surface area contributed by atoms with E-state index >= 15 is 0 Å². The third kappa shape index (κ3) is 2.55. The maximum Gasteiger partial charge on any atom is 0.0716 e. The SMILES string of the molecule is COCc1cccc(Br)c1CC#N. The Hall–Kier alpha value is -0.850. The smallest absolute Gasteiger partial charge is 0.0716 e. The van der Waals surface area contributed by atoms with E-state index in [1.807, 2.05) is 18.2 Å². The molecule has 0 unspecified atom stereocenters. The monoisotopic (exact) mass is 239 g/mol. The van der Waals surface area contributed by atoms with Gasteiger partial charge in [-0.25, -0.2) is 0 Å². The molecule has 1 aromatic rings. The van der Waals surface area contributed by atoms with E-state index in [4.69, 9.17) is 10.00 Å². The second-order valence-electron chi connectivity index (χ2n) is 2.65. The number of nitriles is 1. The van der Waals surface area contributed by atoms with E-state index in [1.165, 1.54) is 0 Å². The number of halogens is 1. The van der Waals surface area contributed by atoms with Crippen molar-refractivity contribution < 1.29 is 4.74 Å². The van der Waals surface area contributed by atoms with Crippen LogP contribution in [0.1, 0.15) is 11.1 Å². The molecule has 0 radical (unpaired) electrons. The van der Waals surface area contributed by atoms with Crippen LogP contribution < -0.4 is 0 Å². The van der Waals surface area contributed by atoms with Gasteiger partial charge in [0.15, 0.2) is 0 Å². The number of rotatable bonds is 3. The number of benzene rings is 1. The van der Waals surface area contributed by atoms with E-state index in [1.54, 1.807) is 7.11 Å². The van der Waals surface area contributed by atoms with Crippen molar-refractivity contribution in [1.29, 1.82) is 5.26 Å². The molecule has 0 spiro atoms. The summed E-state index contributed by atoms with van der Waals surface area (Å²) in [4.78, 5) is 0. The lowest BCUT2D eigenvalue weighted by atomic mass is 10.1. The molecule has 1 aromatic carbocycles. The first kappa shape index (κ1) is 10.2. The van der Waals surface area contributed by atoms with E-state index in [9.17, 15) is 0 Å². The molecule has 0 aliphatic rings. The highest BCUT2D eigenvalue weighted by Gasteiger charge is 2.05. The summed E-state index contributed by atoms with van der Waals surface area (Å²) in [6, 6.07) is 7.99. The standard InChI is InChI=1S/C10H10BrNO/c1-13-7-8-3-2-4-10(11)9(8)5-6-12/h2-4H,5,7H2,1H3. The Labute approximate surface area is 86.3 Å². The largest absolute Gasteiger partial charge is 0.380 e. The van der Waals surface area contributed by atoms with E-state index in [2.05, 4.69) is 22.0 Å². The molecule has 0 N–H and O–H groups in total. The van der Waals surface area contributed by atoms with Gasteiger partial charge < -0.3 is 4.74 Å². The highest BCUT2D eigenvalue weighted by atomic mass is 79.9. The second-order valence-corrected chi connectivity index (χ2v) is 3.50. The molecule has 0 heterocycles. The van der Waals surface area contributed by atoms with Crippen molar-refractivity contribution in [3.8, 4) is 6.07 Å². The fourth-order valence-electron chi connectivity index (χ4n) is 1.17. The zero-order valence-corrected chi connectivity index (χ0v) is 8.97. The van der Waals surface area contributed by atoms with Crippen molar-refractivity contribution in [2.75, 3.05) is 7.11 Å². The van der Waals surface area contributed by atoms with Crippen molar-refractivity contribution in [1.82, 2.24) is 0 Å². The van der Waals surface area contributed by atoms with Crippen molar-refractivity contribution >= 4 is 15.9 Å². The van der Waals surface area contributed by atoms with Gasteiger partial charge in [0.1, 0.15) is 0 Å². The summed E-state index contributed by atoms with van der Waals surface area (Å²) in [5.41, 5.74) is 2.09. The van der Waals surface area contributed by atoms with Crippen LogP contribution in [0.4, 0.5) is 0 Å². The summed E-state index contributed by atoms with van der Waals surface area (Å²) in [6.07, 6.45) is 0.417. The Morgan fingerprint density at radius 3 is 2.92 bits per heavy atom. The van der Waals surface area contributed by atoms with Crippen LogP contribution in [-0.2, 0) is 17.8 Å². The second kappa shape index (κ2) is 5.00. The Morgan fingerprint density at radius 2 is 2.31 bits per heavy atom. The summed E-state index contributed by atoms with van der Waals surface area (Å²) < 4.78 is 6.02. The lowest BCUT2D eigenvalue weighted by Crippen LogP contribution is -1.95. The van der Waals surface area contributed by atoms with E-state index < -0.39 is 0 Å². The third-order valence-electron chi connectivity index (χ3n) is 1.77. The topological polar surface area (TPSA) is 33.0 Å². The zero-order chi connectivity index (χ0) is 9.68. The van der Waals surface area contributed by atoms with Crippen molar-refractivity contribution in [2.24, 2.45) is 0 Å². The number of hydrogen-bond acceptors (Lipinski definition) is 2. The van der Waals surface area contributed by atoms with Gasteiger partial charge in [-0.05, 0) is 17.2 Å². The van der Waals surface area contributed by atoms with Gasteiger partial charge in [0.05, 0.1) is 19.1 Å². The van der Waals surface area contributed by atoms with E-state index in [-0.39, 0.29) is 0 Å². The summed E-state index contributed by atoms with van der Waals surface area (Å²) in [7, 11) is 1.65. The number of nitrogens with zero attached hydrogens (tertiary/aromatic N) is 1. The van der Waals surface area contributed by atoms with Crippen LogP contribution in [0.5, 0.6) is 0 Å². The first-order chi connectivity index (χ1) is 6.29. The summed E-state index contributed by atoms with van der Waals surface area (Å²) in [5.74, 6) is 0. The van der Waals surface area contributed by atoms with Crippen molar-refractivity contribution in [2.45, 2.75) is 13.0 Å². The number of hydrogen-bond donors (Lipinski definition) is 0. The van der Waals surface area contributed by atoms with Crippen LogP contribution >= 0.6 is 15.9 Å². The van der Waals surface area contributed by atoms with Crippen molar-refractivity contribution in [3.05, 3.63) is 33.8 Å². The average molecular weight is 240 g/mol. The van der Waals surface area contributed by atoms with Crippen LogP contribution in [0, 0.1) is 11.3 Å². The van der Waals surface area contributed by atoms with E-state index in [0.29, 0.717) is 13.0 Å². The highest BCUT2D eigenvalue weighted by molar-refractivity contribution is 9.10. The fraction of sp³-hybridized carbons (Fsp3) is 0.300. The summed E-state index contributed by atoms with van der Waals surface area (Å²) >= 11 is 3.41. The molecule has 0 saturated carbocycles. The van der Waals surface area contributed by atoms with Crippen LogP contribution in [0.15, 0.2) is 22.7 Å². The molecule has 0 amide bonds. The van der Waals surface area contributed by atoms with Gasteiger partial charge in [0.25, 0.3) is 0 Å². The molecular formula is C10H10BrNO. The molecular weight excluding hydrogens is 230 g/mol. The number of methoxy groups -OCH3 is 1. The highest BCUT2D eigenvalue weighted by Crippen LogP contribution is 2.21. The molecule has 0 fully saturated rings. The fourth-order valence-corrected chi connectivity index (χ4v) is 1.72. The quantitative estimate of drug-likeness (QED) is 0.813. The molecule has 0 atom stereocenters. The normalized spacial score (nSPS) is 9.62. The van der Waals surface area contributed by atoms with Gasteiger partial charge in [-0.15, -0.1) is 0 Å². The molecule has 1 rings (SSSR count). The predicted octanol–water partition coefficient (Wildman–Crippen LogP) is 2.66. The summed E-state index contributed by atoms with van der Waals surface area (Å²) in [6.45, 7) is 0.552. The van der Waals surface area contributed by atoms with Crippen LogP contribution in [0.3, 0.4) is 0 Å². The van der Waals surface area contributed by atoms with E-state index in [0.717, 1.165) is 15.6 Å². The van der Waals surface area contributed by atoms with Gasteiger partial charge in [-0.2, -0.15) is 5.26 Å². The Morgan fingerprint density at radius 1 is 1.54 bits per heavy atom.